The minimum atomic E-state index is 0.573. The summed E-state index contributed by atoms with van der Waals surface area (Å²) in [5, 5.41) is 4.73. The van der Waals surface area contributed by atoms with E-state index >= 15 is 0 Å². The Balaban J connectivity index is 0.977. The van der Waals surface area contributed by atoms with Crippen LogP contribution in [0.2, 0.25) is 0 Å². The van der Waals surface area contributed by atoms with Crippen molar-refractivity contribution >= 4 is 43.6 Å². The largest absolute Gasteiger partial charge is 0.309 e. The number of rotatable bonds is 10. The standard InChI is InChI=1S/C75H49N5/c1-6-21-50(22-7-1)55-31-20-32-58(45-55)62-42-38-60(49-72(62)80-69-43-39-56(51-23-8-2-9-24-51)46-65(69)66-47-57(40-44-70(66)80)52-25-10-3-11-26-52)75-77-73(54-29-14-5-15-30-54)76-74(78-75)59-37-41-61(53-27-12-4-13-28-53)71(48-59)79-67-35-18-16-33-63(67)64-34-17-19-36-68(64)79/h1-49H. The van der Waals surface area contributed by atoms with Gasteiger partial charge in [-0.3, -0.25) is 0 Å². The molecular formula is C75H49N5. The molecule has 3 heterocycles. The fraction of sp³-hybridized carbons (Fsp3) is 0. The number of hydrogen-bond donors (Lipinski definition) is 0. The normalized spacial score (nSPS) is 11.5. The third kappa shape index (κ3) is 8.24. The summed E-state index contributed by atoms with van der Waals surface area (Å²) in [6.07, 6.45) is 0. The van der Waals surface area contributed by atoms with Gasteiger partial charge in [0.15, 0.2) is 17.5 Å². The topological polar surface area (TPSA) is 48.5 Å². The molecule has 0 radical (unpaired) electrons. The molecule has 0 spiro atoms. The molecule has 0 saturated carbocycles. The maximum Gasteiger partial charge on any atom is 0.164 e. The predicted octanol–water partition coefficient (Wildman–Crippen LogP) is 19.4. The molecule has 0 amide bonds. The van der Waals surface area contributed by atoms with Crippen LogP contribution in [0.3, 0.4) is 0 Å². The minimum absolute atomic E-state index is 0.573. The second-order valence-electron chi connectivity index (χ2n) is 20.3. The maximum absolute atomic E-state index is 5.50. The van der Waals surface area contributed by atoms with Crippen molar-refractivity contribution in [1.29, 1.82) is 0 Å². The number of hydrogen-bond acceptors (Lipinski definition) is 3. The van der Waals surface area contributed by atoms with Crippen molar-refractivity contribution in [1.82, 2.24) is 24.1 Å². The molecule has 0 unspecified atom stereocenters. The molecule has 0 aliphatic rings. The molecule has 0 aliphatic carbocycles. The van der Waals surface area contributed by atoms with Gasteiger partial charge in [0.2, 0.25) is 0 Å². The zero-order valence-electron chi connectivity index (χ0n) is 43.5. The summed E-state index contributed by atoms with van der Waals surface area (Å²) in [6, 6.07) is 106. The summed E-state index contributed by atoms with van der Waals surface area (Å²) in [6.45, 7) is 0. The first-order chi connectivity index (χ1) is 39.7. The number of para-hydroxylation sites is 2. The average molecular weight is 1020 g/mol. The van der Waals surface area contributed by atoms with Gasteiger partial charge in [-0.2, -0.15) is 0 Å². The van der Waals surface area contributed by atoms with Gasteiger partial charge in [-0.15, -0.1) is 0 Å². The van der Waals surface area contributed by atoms with E-state index in [1.54, 1.807) is 0 Å². The highest BCUT2D eigenvalue weighted by Gasteiger charge is 2.23. The lowest BCUT2D eigenvalue weighted by molar-refractivity contribution is 1.07. The third-order valence-electron chi connectivity index (χ3n) is 15.6. The van der Waals surface area contributed by atoms with Crippen LogP contribution in [-0.4, -0.2) is 24.1 Å². The first-order valence-electron chi connectivity index (χ1n) is 27.2. The molecule has 374 valence electrons. The zero-order chi connectivity index (χ0) is 52.9. The van der Waals surface area contributed by atoms with Crippen molar-refractivity contribution < 1.29 is 0 Å². The molecular weight excluding hydrogens is 971 g/mol. The Morgan fingerprint density at radius 2 is 0.512 bits per heavy atom. The van der Waals surface area contributed by atoms with Crippen LogP contribution in [0, 0.1) is 0 Å². The van der Waals surface area contributed by atoms with E-state index in [9.17, 15) is 0 Å². The summed E-state index contributed by atoms with van der Waals surface area (Å²) >= 11 is 0. The Bertz CT molecular complexity index is 4650. The van der Waals surface area contributed by atoms with Crippen LogP contribution in [0.4, 0.5) is 0 Å². The SMILES string of the molecule is c1ccc(-c2cccc(-c3ccc(-c4nc(-c5ccccc5)nc(-c5ccc(-c6ccccc6)c(-n6c7ccccc7c7ccccc76)c5)n4)cc3-n3c4ccc(-c5ccccc5)cc4c4cc(-c5ccccc5)ccc43)c2)cc1. The van der Waals surface area contributed by atoms with Gasteiger partial charge in [0.1, 0.15) is 0 Å². The van der Waals surface area contributed by atoms with Crippen LogP contribution in [-0.2, 0) is 0 Å². The van der Waals surface area contributed by atoms with Gasteiger partial charge in [0.25, 0.3) is 0 Å². The van der Waals surface area contributed by atoms with Gasteiger partial charge >= 0.3 is 0 Å². The molecule has 0 saturated heterocycles. The Kier molecular flexibility index (Phi) is 11.4. The van der Waals surface area contributed by atoms with Crippen LogP contribution < -0.4 is 0 Å². The minimum Gasteiger partial charge on any atom is -0.309 e. The lowest BCUT2D eigenvalue weighted by Gasteiger charge is -2.18. The van der Waals surface area contributed by atoms with Crippen LogP contribution in [0.25, 0.3) is 145 Å². The molecule has 0 fully saturated rings. The highest BCUT2D eigenvalue weighted by atomic mass is 15.0. The second-order valence-corrected chi connectivity index (χ2v) is 20.3. The Hall–Kier alpha value is -10.8. The third-order valence-corrected chi connectivity index (χ3v) is 15.6. The monoisotopic (exact) mass is 1020 g/mol. The van der Waals surface area contributed by atoms with E-state index in [-0.39, 0.29) is 0 Å². The summed E-state index contributed by atoms with van der Waals surface area (Å²) < 4.78 is 4.84. The highest BCUT2D eigenvalue weighted by Crippen LogP contribution is 2.43. The first kappa shape index (κ1) is 46.5. The van der Waals surface area contributed by atoms with Gasteiger partial charge in [0, 0.05) is 49.4 Å². The molecule has 5 heteroatoms. The number of fused-ring (bicyclic) bond motifs is 6. The predicted molar refractivity (Wildman–Crippen MR) is 332 cm³/mol. The van der Waals surface area contributed by atoms with Crippen molar-refractivity contribution in [2.24, 2.45) is 0 Å². The van der Waals surface area contributed by atoms with Crippen molar-refractivity contribution in [3.05, 3.63) is 297 Å². The van der Waals surface area contributed by atoms with Crippen LogP contribution >= 0.6 is 0 Å². The van der Waals surface area contributed by atoms with Crippen LogP contribution in [0.15, 0.2) is 297 Å². The quantitative estimate of drug-likeness (QED) is 0.137. The van der Waals surface area contributed by atoms with E-state index < -0.39 is 0 Å². The fourth-order valence-corrected chi connectivity index (χ4v) is 11.7. The Morgan fingerprint density at radius 3 is 0.975 bits per heavy atom. The Labute approximate surface area is 463 Å². The van der Waals surface area contributed by atoms with E-state index in [0.717, 1.165) is 94.6 Å². The maximum atomic E-state index is 5.50. The Morgan fingerprint density at radius 1 is 0.188 bits per heavy atom. The molecule has 12 aromatic carbocycles. The van der Waals surface area contributed by atoms with Crippen molar-refractivity contribution in [3.8, 4) is 101 Å². The molecule has 15 aromatic rings. The fourth-order valence-electron chi connectivity index (χ4n) is 11.7. The molecule has 80 heavy (non-hydrogen) atoms. The lowest BCUT2D eigenvalue weighted by atomic mass is 9.96. The molecule has 0 atom stereocenters. The van der Waals surface area contributed by atoms with Crippen molar-refractivity contribution in [3.63, 3.8) is 0 Å². The van der Waals surface area contributed by atoms with Gasteiger partial charge in [0.05, 0.1) is 33.4 Å². The van der Waals surface area contributed by atoms with E-state index in [1.807, 2.05) is 18.2 Å². The van der Waals surface area contributed by atoms with Gasteiger partial charge in [-0.05, 0) is 99.1 Å². The van der Waals surface area contributed by atoms with Gasteiger partial charge in [-0.1, -0.05) is 243 Å². The molecule has 0 N–H and O–H groups in total. The summed E-state index contributed by atoms with van der Waals surface area (Å²) in [4.78, 5) is 16.2. The van der Waals surface area contributed by atoms with Crippen molar-refractivity contribution in [2.75, 3.05) is 0 Å². The van der Waals surface area contributed by atoms with Gasteiger partial charge in [-0.25, -0.2) is 15.0 Å². The molecule has 3 aromatic heterocycles. The van der Waals surface area contributed by atoms with E-state index in [1.165, 1.54) is 32.7 Å². The van der Waals surface area contributed by atoms with Gasteiger partial charge < -0.3 is 9.13 Å². The summed E-state index contributed by atoms with van der Waals surface area (Å²) in [5.74, 6) is 1.75. The number of nitrogens with zero attached hydrogens (tertiary/aromatic N) is 5. The van der Waals surface area contributed by atoms with Crippen LogP contribution in [0.1, 0.15) is 0 Å². The molecule has 0 aliphatic heterocycles. The smallest absolute Gasteiger partial charge is 0.164 e. The van der Waals surface area contributed by atoms with Crippen molar-refractivity contribution in [2.45, 2.75) is 0 Å². The van der Waals surface area contributed by atoms with E-state index in [2.05, 4.69) is 288 Å². The lowest BCUT2D eigenvalue weighted by Crippen LogP contribution is -2.03. The number of aromatic nitrogens is 5. The van der Waals surface area contributed by atoms with E-state index in [4.69, 9.17) is 15.0 Å². The highest BCUT2D eigenvalue weighted by molar-refractivity contribution is 6.13. The number of benzene rings is 12. The molecule has 15 rings (SSSR count). The summed E-state index contributed by atoms with van der Waals surface area (Å²) in [5.41, 5.74) is 20.5. The zero-order valence-corrected chi connectivity index (χ0v) is 43.5. The molecule has 0 bridgehead atoms. The second kappa shape index (κ2) is 19.7. The van der Waals surface area contributed by atoms with Crippen LogP contribution in [0.5, 0.6) is 0 Å². The average Bonchev–Trinajstić information content (AvgIpc) is 4.11. The van der Waals surface area contributed by atoms with E-state index in [0.29, 0.717) is 17.5 Å². The molecule has 5 nitrogen and oxygen atoms in total. The first-order valence-corrected chi connectivity index (χ1v) is 27.2. The summed E-state index contributed by atoms with van der Waals surface area (Å²) in [7, 11) is 0.